The number of ketones is 2. The Hall–Kier alpha value is -3.25. The zero-order valence-corrected chi connectivity index (χ0v) is 26.4. The van der Waals surface area contributed by atoms with E-state index in [4.69, 9.17) is 5.73 Å². The lowest BCUT2D eigenvalue weighted by atomic mass is 9.57. The molecule has 4 unspecified atom stereocenters. The number of amides is 1. The molecule has 0 aromatic heterocycles. The highest BCUT2D eigenvalue weighted by Crippen LogP contribution is 2.53. The van der Waals surface area contributed by atoms with E-state index in [1.807, 2.05) is 26.8 Å². The van der Waals surface area contributed by atoms with E-state index in [2.05, 4.69) is 31.4 Å². The van der Waals surface area contributed by atoms with Crippen molar-refractivity contribution >= 4 is 23.2 Å². The van der Waals surface area contributed by atoms with Gasteiger partial charge >= 0.3 is 0 Å². The monoisotopic (exact) mass is 598 g/mol. The summed E-state index contributed by atoms with van der Waals surface area (Å²) in [5.74, 6) is -6.54. The van der Waals surface area contributed by atoms with Crippen LogP contribution in [0.25, 0.3) is 5.76 Å². The third kappa shape index (κ3) is 5.71. The summed E-state index contributed by atoms with van der Waals surface area (Å²) in [7, 11) is 3.16. The number of phenols is 1. The third-order valence-corrected chi connectivity index (χ3v) is 8.67. The molecule has 236 valence electrons. The van der Waals surface area contributed by atoms with E-state index in [0.717, 1.165) is 5.56 Å². The van der Waals surface area contributed by atoms with Gasteiger partial charge in [0.05, 0.1) is 11.6 Å². The second-order valence-corrected chi connectivity index (χ2v) is 14.6. The largest absolute Gasteiger partial charge is 0.508 e. The molecule has 43 heavy (non-hydrogen) atoms. The molecule has 11 heteroatoms. The lowest BCUT2D eigenvalue weighted by Gasteiger charge is -2.50. The average molecular weight is 599 g/mol. The third-order valence-electron chi connectivity index (χ3n) is 8.67. The highest BCUT2D eigenvalue weighted by atomic mass is 16.3. The van der Waals surface area contributed by atoms with Gasteiger partial charge in [-0.3, -0.25) is 19.3 Å². The van der Waals surface area contributed by atoms with Crippen LogP contribution in [0, 0.1) is 17.3 Å². The first kappa shape index (κ1) is 32.7. The average Bonchev–Trinajstić information content (AvgIpc) is 2.85. The Morgan fingerprint density at radius 1 is 1.07 bits per heavy atom. The topological polar surface area (TPSA) is 185 Å². The minimum Gasteiger partial charge on any atom is -0.508 e. The number of benzene rings is 1. The van der Waals surface area contributed by atoms with Crippen LogP contribution < -0.4 is 16.4 Å². The maximum absolute atomic E-state index is 14.2. The first-order chi connectivity index (χ1) is 19.7. The number of aliphatic hydroxyl groups excluding tert-OH is 2. The first-order valence-electron chi connectivity index (χ1n) is 14.7. The number of primary amides is 1. The van der Waals surface area contributed by atoms with E-state index in [1.54, 1.807) is 14.1 Å². The number of phenolic OH excluding ortho intramolecular Hbond substituents is 1. The van der Waals surface area contributed by atoms with Crippen molar-refractivity contribution in [1.82, 2.24) is 15.5 Å². The first-order valence-corrected chi connectivity index (χ1v) is 14.7. The maximum Gasteiger partial charge on any atom is 0.255 e. The van der Waals surface area contributed by atoms with Gasteiger partial charge in [-0.05, 0) is 76.2 Å². The number of aliphatic hydroxyl groups is 3. The SMILES string of the molecule is CN(C)C1C(=O)C(C(N)=O)=C(O)C2(O)C(=O)C3=C(O)c4c(O)c(CNCC(C)(C)C)cc(CNC(C)(C)C)c4CC3CC12. The van der Waals surface area contributed by atoms with Crippen LogP contribution >= 0.6 is 0 Å². The second-order valence-electron chi connectivity index (χ2n) is 14.6. The van der Waals surface area contributed by atoms with Crippen LogP contribution in [0.1, 0.15) is 70.2 Å². The van der Waals surface area contributed by atoms with Crippen LogP contribution in [-0.4, -0.2) is 80.6 Å². The molecule has 1 aromatic rings. The number of nitrogens with two attached hydrogens (primary N) is 1. The molecule has 1 amide bonds. The van der Waals surface area contributed by atoms with Crippen LogP contribution in [0.15, 0.2) is 23.0 Å². The Labute approximate surface area is 252 Å². The Balaban J connectivity index is 1.91. The van der Waals surface area contributed by atoms with Crippen molar-refractivity contribution in [3.63, 3.8) is 0 Å². The molecule has 8 N–H and O–H groups in total. The van der Waals surface area contributed by atoms with Gasteiger partial charge in [0.15, 0.2) is 11.4 Å². The van der Waals surface area contributed by atoms with Crippen molar-refractivity contribution in [3.8, 4) is 5.75 Å². The summed E-state index contributed by atoms with van der Waals surface area (Å²) in [4.78, 5) is 41.2. The molecule has 0 saturated heterocycles. The van der Waals surface area contributed by atoms with Crippen molar-refractivity contribution in [3.05, 3.63) is 45.2 Å². The molecule has 0 spiro atoms. The number of nitrogens with zero attached hydrogens (tertiary/aromatic N) is 1. The predicted octanol–water partition coefficient (Wildman–Crippen LogP) is 1.99. The van der Waals surface area contributed by atoms with Gasteiger partial charge in [0.25, 0.3) is 5.91 Å². The van der Waals surface area contributed by atoms with Crippen molar-refractivity contribution < 1.29 is 34.8 Å². The smallest absolute Gasteiger partial charge is 0.255 e. The fourth-order valence-corrected chi connectivity index (χ4v) is 6.68. The number of hydrogen-bond acceptors (Lipinski definition) is 10. The number of Topliss-reactive ketones (excluding diaryl/α,β-unsaturated/α-hetero) is 2. The molecule has 0 radical (unpaired) electrons. The minimum absolute atomic E-state index is 0.0105. The van der Waals surface area contributed by atoms with Crippen molar-refractivity contribution in [2.75, 3.05) is 20.6 Å². The van der Waals surface area contributed by atoms with Gasteiger partial charge in [-0.25, -0.2) is 0 Å². The Morgan fingerprint density at radius 2 is 1.70 bits per heavy atom. The van der Waals surface area contributed by atoms with E-state index in [9.17, 15) is 34.8 Å². The zero-order chi connectivity index (χ0) is 32.4. The summed E-state index contributed by atoms with van der Waals surface area (Å²) in [5.41, 5.74) is 3.68. The van der Waals surface area contributed by atoms with E-state index in [0.29, 0.717) is 30.8 Å². The molecule has 4 rings (SSSR count). The standard InChI is InChI=1S/C32H46N4O7/c1-30(2,3)14-34-12-17-9-16(13-35-31(4,5)6)18-10-15-11-19-23(36(7)8)26(39)22(29(33)42)28(41)32(19,43)27(40)20(15)25(38)21(18)24(17)37/h9,15,19,23,34-35,37-38,41,43H,10-14H2,1-8H3,(H2,33,42). The normalized spacial score (nSPS) is 26.0. The molecule has 4 atom stereocenters. The van der Waals surface area contributed by atoms with Crippen molar-refractivity contribution in [2.45, 2.75) is 84.7 Å². The molecule has 0 bridgehead atoms. The molecule has 1 fully saturated rings. The minimum atomic E-state index is -2.66. The summed E-state index contributed by atoms with van der Waals surface area (Å²) in [5, 5.41) is 52.9. The van der Waals surface area contributed by atoms with Crippen LogP contribution in [0.3, 0.4) is 0 Å². The lowest BCUT2D eigenvalue weighted by Crippen LogP contribution is -2.65. The maximum atomic E-state index is 14.2. The molecule has 3 aliphatic carbocycles. The van der Waals surface area contributed by atoms with Crippen molar-refractivity contribution in [2.24, 2.45) is 23.0 Å². The van der Waals surface area contributed by atoms with Crippen LogP contribution in [0.2, 0.25) is 0 Å². The number of hydrogen-bond donors (Lipinski definition) is 7. The summed E-state index contributed by atoms with van der Waals surface area (Å²) >= 11 is 0. The number of aromatic hydroxyl groups is 1. The van der Waals surface area contributed by atoms with Crippen LogP contribution in [0.4, 0.5) is 0 Å². The quantitative estimate of drug-likeness (QED) is 0.229. The fourth-order valence-electron chi connectivity index (χ4n) is 6.68. The Kier molecular flexibility index (Phi) is 8.38. The highest BCUT2D eigenvalue weighted by molar-refractivity contribution is 6.24. The molecule has 0 heterocycles. The molecule has 11 nitrogen and oxygen atoms in total. The molecule has 1 saturated carbocycles. The lowest BCUT2D eigenvalue weighted by molar-refractivity contribution is -0.153. The number of carbonyl (C=O) groups excluding carboxylic acids is 3. The molecule has 0 aliphatic heterocycles. The van der Waals surface area contributed by atoms with Gasteiger partial charge < -0.3 is 36.8 Å². The molecule has 3 aliphatic rings. The number of rotatable bonds is 7. The van der Waals surface area contributed by atoms with Crippen LogP contribution in [0.5, 0.6) is 5.75 Å². The van der Waals surface area contributed by atoms with Gasteiger partial charge in [-0.1, -0.05) is 20.8 Å². The number of likely N-dealkylation sites (N-methyl/N-ethyl adjacent to an activating group) is 1. The summed E-state index contributed by atoms with van der Waals surface area (Å²) in [6, 6.07) is 0.784. The molecule has 1 aromatic carbocycles. The Bertz CT molecular complexity index is 1430. The van der Waals surface area contributed by atoms with E-state index in [1.165, 1.54) is 4.90 Å². The summed E-state index contributed by atoms with van der Waals surface area (Å²) < 4.78 is 0. The summed E-state index contributed by atoms with van der Waals surface area (Å²) in [6.45, 7) is 13.8. The fraction of sp³-hybridized carbons (Fsp3) is 0.594. The molecular formula is C32H46N4O7. The van der Waals surface area contributed by atoms with E-state index < -0.39 is 58.0 Å². The van der Waals surface area contributed by atoms with Gasteiger partial charge in [0, 0.05) is 42.2 Å². The van der Waals surface area contributed by atoms with Gasteiger partial charge in [-0.2, -0.15) is 0 Å². The van der Waals surface area contributed by atoms with Gasteiger partial charge in [0.2, 0.25) is 5.78 Å². The van der Waals surface area contributed by atoms with E-state index >= 15 is 0 Å². The second kappa shape index (κ2) is 11.0. The number of carbonyl (C=O) groups is 3. The van der Waals surface area contributed by atoms with Gasteiger partial charge in [0.1, 0.15) is 22.8 Å². The number of nitrogens with one attached hydrogen (secondary N) is 2. The highest BCUT2D eigenvalue weighted by Gasteiger charge is 2.64. The Morgan fingerprint density at radius 3 is 2.23 bits per heavy atom. The number of fused-ring (bicyclic) bond motifs is 3. The summed E-state index contributed by atoms with van der Waals surface area (Å²) in [6.07, 6.45) is 0.298. The van der Waals surface area contributed by atoms with Gasteiger partial charge in [-0.15, -0.1) is 0 Å². The zero-order valence-electron chi connectivity index (χ0n) is 26.4. The van der Waals surface area contributed by atoms with E-state index in [-0.39, 0.29) is 40.7 Å². The molecular weight excluding hydrogens is 552 g/mol. The van der Waals surface area contributed by atoms with Crippen molar-refractivity contribution in [1.29, 1.82) is 0 Å². The van der Waals surface area contributed by atoms with Crippen LogP contribution in [-0.2, 0) is 33.9 Å². The predicted molar refractivity (Wildman–Crippen MR) is 162 cm³/mol.